The molecule has 150 valence electrons. The number of carbonyl (C=O) groups is 1. The van der Waals surface area contributed by atoms with Gasteiger partial charge in [-0.2, -0.15) is 0 Å². The van der Waals surface area contributed by atoms with Gasteiger partial charge in [-0.05, 0) is 56.2 Å². The maximum Gasteiger partial charge on any atom is 0.411 e. The minimum Gasteiger partial charge on any atom is -0.438 e. The summed E-state index contributed by atoms with van der Waals surface area (Å²) in [6.07, 6.45) is 0.666. The third-order valence-corrected chi connectivity index (χ3v) is 5.73. The van der Waals surface area contributed by atoms with Gasteiger partial charge in [0.05, 0.1) is 6.04 Å². The van der Waals surface area contributed by atoms with Gasteiger partial charge in [0.1, 0.15) is 11.4 Å². The average Bonchev–Trinajstić information content (AvgIpc) is 2.61. The van der Waals surface area contributed by atoms with Crippen LogP contribution in [0.1, 0.15) is 50.8 Å². The number of hydrogen-bond acceptors (Lipinski definition) is 3. The molecule has 28 heavy (non-hydrogen) atoms. The topological polar surface area (TPSA) is 55.6 Å². The van der Waals surface area contributed by atoms with Crippen LogP contribution in [0.2, 0.25) is 0 Å². The zero-order chi connectivity index (χ0) is 20.5. The molecule has 3 rings (SSSR count). The summed E-state index contributed by atoms with van der Waals surface area (Å²) in [4.78, 5) is 14.7. The lowest BCUT2D eigenvalue weighted by atomic mass is 9.79. The Kier molecular flexibility index (Phi) is 5.82. The first kappa shape index (κ1) is 20.8. The molecular weight excluding hydrogens is 423 g/mol. The number of halogens is 2. The van der Waals surface area contributed by atoms with Gasteiger partial charge in [0.15, 0.2) is 0 Å². The van der Waals surface area contributed by atoms with Crippen LogP contribution < -0.4 is 5.73 Å². The van der Waals surface area contributed by atoms with Gasteiger partial charge in [-0.25, -0.2) is 9.18 Å². The second kappa shape index (κ2) is 7.84. The molecule has 0 aromatic heterocycles. The maximum atomic E-state index is 13.4. The van der Waals surface area contributed by atoms with Crippen molar-refractivity contribution < 1.29 is 13.9 Å². The predicted octanol–water partition coefficient (Wildman–Crippen LogP) is 5.51. The number of nitrogens with two attached hydrogens (primary N) is 1. The van der Waals surface area contributed by atoms with Crippen molar-refractivity contribution in [2.75, 3.05) is 6.54 Å². The summed E-state index contributed by atoms with van der Waals surface area (Å²) in [5.41, 5.74) is 6.68. The Morgan fingerprint density at radius 2 is 1.82 bits per heavy atom. The molecule has 2 aromatic rings. The fraction of sp³-hybridized carbons (Fsp3) is 0.409. The standard InChI is InChI=1S/C22H26BrFN2O2/c1-15(16-4-8-18(23)9-5-16)26-13-12-22(28-20(26)27,14-21(2,3)25)17-6-10-19(24)11-7-17/h4-11,15H,12-14,25H2,1-3H3/t15-,22-/m0/s1. The van der Waals surface area contributed by atoms with E-state index in [9.17, 15) is 9.18 Å². The van der Waals surface area contributed by atoms with Crippen LogP contribution >= 0.6 is 15.9 Å². The third kappa shape index (κ3) is 4.55. The summed E-state index contributed by atoms with van der Waals surface area (Å²) < 4.78 is 20.5. The molecule has 6 heteroatoms. The normalized spacial score (nSPS) is 21.4. The highest BCUT2D eigenvalue weighted by molar-refractivity contribution is 9.10. The Balaban J connectivity index is 1.87. The van der Waals surface area contributed by atoms with Crippen LogP contribution in [0.4, 0.5) is 9.18 Å². The number of benzene rings is 2. The van der Waals surface area contributed by atoms with Crippen LogP contribution in [0.25, 0.3) is 0 Å². The number of hydrogen-bond donors (Lipinski definition) is 1. The number of amides is 1. The van der Waals surface area contributed by atoms with Crippen LogP contribution in [-0.2, 0) is 10.3 Å². The van der Waals surface area contributed by atoms with Gasteiger partial charge in [0.2, 0.25) is 0 Å². The number of carbonyl (C=O) groups excluding carboxylic acids is 1. The van der Waals surface area contributed by atoms with E-state index in [1.807, 2.05) is 45.0 Å². The lowest BCUT2D eigenvalue weighted by Gasteiger charge is -2.45. The van der Waals surface area contributed by atoms with Crippen LogP contribution in [0.3, 0.4) is 0 Å². The molecule has 2 N–H and O–H groups in total. The quantitative estimate of drug-likeness (QED) is 0.655. The van der Waals surface area contributed by atoms with E-state index >= 15 is 0 Å². The Labute approximate surface area is 174 Å². The Morgan fingerprint density at radius 1 is 1.21 bits per heavy atom. The van der Waals surface area contributed by atoms with E-state index in [1.165, 1.54) is 12.1 Å². The molecule has 0 aliphatic carbocycles. The van der Waals surface area contributed by atoms with Gasteiger partial charge >= 0.3 is 6.09 Å². The monoisotopic (exact) mass is 448 g/mol. The fourth-order valence-electron chi connectivity index (χ4n) is 3.86. The molecule has 1 saturated heterocycles. The highest BCUT2D eigenvalue weighted by Crippen LogP contribution is 2.42. The predicted molar refractivity (Wildman–Crippen MR) is 111 cm³/mol. The lowest BCUT2D eigenvalue weighted by molar-refractivity contribution is -0.0739. The molecule has 1 fully saturated rings. The van der Waals surface area contributed by atoms with Crippen LogP contribution in [-0.4, -0.2) is 23.1 Å². The number of nitrogens with zero attached hydrogens (tertiary/aromatic N) is 1. The highest BCUT2D eigenvalue weighted by atomic mass is 79.9. The fourth-order valence-corrected chi connectivity index (χ4v) is 4.13. The van der Waals surface area contributed by atoms with Crippen molar-refractivity contribution in [1.29, 1.82) is 0 Å². The van der Waals surface area contributed by atoms with E-state index in [1.54, 1.807) is 17.0 Å². The first-order valence-corrected chi connectivity index (χ1v) is 10.2. The van der Waals surface area contributed by atoms with Crippen LogP contribution in [0.5, 0.6) is 0 Å². The maximum absolute atomic E-state index is 13.4. The van der Waals surface area contributed by atoms with E-state index in [4.69, 9.17) is 10.5 Å². The van der Waals surface area contributed by atoms with Crippen LogP contribution in [0.15, 0.2) is 53.0 Å². The number of ether oxygens (including phenoxy) is 1. The van der Waals surface area contributed by atoms with E-state index in [0.717, 1.165) is 15.6 Å². The minimum absolute atomic E-state index is 0.113. The number of cyclic esters (lactones) is 1. The molecular formula is C22H26BrFN2O2. The largest absolute Gasteiger partial charge is 0.438 e. The molecule has 0 radical (unpaired) electrons. The van der Waals surface area contributed by atoms with Crippen molar-refractivity contribution in [3.63, 3.8) is 0 Å². The molecule has 0 bridgehead atoms. The Morgan fingerprint density at radius 3 is 2.36 bits per heavy atom. The van der Waals surface area contributed by atoms with E-state index < -0.39 is 11.1 Å². The first-order valence-electron chi connectivity index (χ1n) is 9.40. The molecule has 2 atom stereocenters. The average molecular weight is 449 g/mol. The summed E-state index contributed by atoms with van der Waals surface area (Å²) in [7, 11) is 0. The van der Waals surface area contributed by atoms with Gasteiger partial charge in [0.25, 0.3) is 0 Å². The molecule has 1 aliphatic heterocycles. The van der Waals surface area contributed by atoms with Gasteiger partial charge in [0, 0.05) is 29.4 Å². The van der Waals surface area contributed by atoms with Gasteiger partial charge in [-0.1, -0.05) is 40.2 Å². The molecule has 0 spiro atoms. The van der Waals surface area contributed by atoms with Gasteiger partial charge in [-0.15, -0.1) is 0 Å². The zero-order valence-electron chi connectivity index (χ0n) is 16.4. The molecule has 4 nitrogen and oxygen atoms in total. The first-order chi connectivity index (χ1) is 13.1. The van der Waals surface area contributed by atoms with Crippen molar-refractivity contribution in [2.45, 2.75) is 50.8 Å². The van der Waals surface area contributed by atoms with E-state index in [0.29, 0.717) is 19.4 Å². The summed E-state index contributed by atoms with van der Waals surface area (Å²) in [6, 6.07) is 13.9. The Bertz CT molecular complexity index is 833. The third-order valence-electron chi connectivity index (χ3n) is 5.21. The second-order valence-electron chi connectivity index (χ2n) is 8.21. The van der Waals surface area contributed by atoms with Gasteiger partial charge in [-0.3, -0.25) is 0 Å². The van der Waals surface area contributed by atoms with E-state index in [-0.39, 0.29) is 18.0 Å². The molecule has 2 aromatic carbocycles. The highest BCUT2D eigenvalue weighted by Gasteiger charge is 2.45. The van der Waals surface area contributed by atoms with Crippen LogP contribution in [0, 0.1) is 5.82 Å². The minimum atomic E-state index is -0.862. The van der Waals surface area contributed by atoms with Crippen molar-refractivity contribution >= 4 is 22.0 Å². The molecule has 0 unspecified atom stereocenters. The molecule has 0 saturated carbocycles. The summed E-state index contributed by atoms with van der Waals surface area (Å²) in [6.45, 7) is 6.33. The smallest absolute Gasteiger partial charge is 0.411 e. The summed E-state index contributed by atoms with van der Waals surface area (Å²) in [5, 5.41) is 0. The molecule has 1 amide bonds. The van der Waals surface area contributed by atoms with Crippen molar-refractivity contribution in [1.82, 2.24) is 4.90 Å². The molecule has 1 heterocycles. The lowest BCUT2D eigenvalue weighted by Crippen LogP contribution is -2.52. The summed E-state index contributed by atoms with van der Waals surface area (Å²) >= 11 is 3.43. The van der Waals surface area contributed by atoms with Crippen molar-refractivity contribution in [3.8, 4) is 0 Å². The van der Waals surface area contributed by atoms with Gasteiger partial charge < -0.3 is 15.4 Å². The van der Waals surface area contributed by atoms with E-state index in [2.05, 4.69) is 15.9 Å². The summed E-state index contributed by atoms with van der Waals surface area (Å²) in [5.74, 6) is -0.321. The SMILES string of the molecule is C[C@@H](c1ccc(Br)cc1)N1CC[C@](CC(C)(C)N)(c2ccc(F)cc2)OC1=O. The second-order valence-corrected chi connectivity index (χ2v) is 9.12. The van der Waals surface area contributed by atoms with Crippen molar-refractivity contribution in [2.24, 2.45) is 5.73 Å². The van der Waals surface area contributed by atoms with Crippen molar-refractivity contribution in [3.05, 3.63) is 69.9 Å². The Hall–Kier alpha value is -1.92. The number of rotatable bonds is 5. The zero-order valence-corrected chi connectivity index (χ0v) is 18.0. The molecule has 1 aliphatic rings.